The van der Waals surface area contributed by atoms with Crippen LogP contribution >= 0.6 is 0 Å². The fourth-order valence-corrected chi connectivity index (χ4v) is 5.46. The molecule has 0 spiro atoms. The van der Waals surface area contributed by atoms with E-state index in [0.717, 1.165) is 23.7 Å². The van der Waals surface area contributed by atoms with Crippen LogP contribution < -0.4 is 4.74 Å². The number of ether oxygens (including phenoxy) is 2. The van der Waals surface area contributed by atoms with Crippen molar-refractivity contribution in [2.24, 2.45) is 0 Å². The Labute approximate surface area is 214 Å². The minimum Gasteiger partial charge on any atom is -0.495 e. The van der Waals surface area contributed by atoms with Gasteiger partial charge in [0.2, 0.25) is 0 Å². The molecule has 0 fully saturated rings. The van der Waals surface area contributed by atoms with E-state index in [2.05, 4.69) is 25.1 Å². The Morgan fingerprint density at radius 2 is 1.73 bits per heavy atom. The summed E-state index contributed by atoms with van der Waals surface area (Å²) in [5.74, 6) is 0.0334. The van der Waals surface area contributed by atoms with Gasteiger partial charge in [0.05, 0.1) is 30.4 Å². The number of pyridine rings is 1. The zero-order valence-electron chi connectivity index (χ0n) is 21.1. The first-order valence-electron chi connectivity index (χ1n) is 11.4. The monoisotopic (exact) mass is 526 g/mol. The molecule has 3 aromatic heterocycles. The molecule has 4 aromatic rings. The third-order valence-corrected chi connectivity index (χ3v) is 8.00. The zero-order valence-corrected chi connectivity index (χ0v) is 21.9. The van der Waals surface area contributed by atoms with E-state index >= 15 is 0 Å². The second-order valence-electron chi connectivity index (χ2n) is 8.49. The molecule has 0 radical (unpaired) electrons. The number of rotatable bonds is 9. The minimum absolute atomic E-state index is 0.0617. The summed E-state index contributed by atoms with van der Waals surface area (Å²) in [6.45, 7) is 5.24. The van der Waals surface area contributed by atoms with E-state index in [1.807, 2.05) is 38.1 Å². The maximum Gasteiger partial charge on any atom is 0.187 e. The molecule has 12 heteroatoms. The van der Waals surface area contributed by atoms with Gasteiger partial charge in [-0.25, -0.2) is 27.8 Å². The van der Waals surface area contributed by atoms with Crippen molar-refractivity contribution in [3.05, 3.63) is 77.5 Å². The third-order valence-electron chi connectivity index (χ3n) is 5.96. The fourth-order valence-electron chi connectivity index (χ4n) is 4.04. The highest BCUT2D eigenvalue weighted by Gasteiger charge is 2.35. The van der Waals surface area contributed by atoms with Crippen LogP contribution in [0.5, 0.6) is 5.75 Å². The molecule has 4 rings (SSSR count). The zero-order chi connectivity index (χ0) is 26.7. The Morgan fingerprint density at radius 1 is 1.03 bits per heavy atom. The Balaban J connectivity index is 1.82. The van der Waals surface area contributed by atoms with Crippen LogP contribution in [0.25, 0.3) is 17.2 Å². The normalized spacial score (nSPS) is 13.4. The number of benzene rings is 1. The molecule has 0 amide bonds. The molecule has 2 atom stereocenters. The molecule has 0 aliphatic carbocycles. The number of nitrogens with zero attached hydrogens (tertiary/aromatic N) is 6. The highest BCUT2D eigenvalue weighted by molar-refractivity contribution is 7.91. The van der Waals surface area contributed by atoms with Gasteiger partial charge in [-0.15, -0.1) is 10.2 Å². The van der Waals surface area contributed by atoms with E-state index in [1.54, 1.807) is 16.7 Å². The van der Waals surface area contributed by atoms with Crippen LogP contribution in [-0.2, 0) is 20.3 Å². The van der Waals surface area contributed by atoms with Crippen LogP contribution in [0.15, 0.2) is 48.8 Å². The van der Waals surface area contributed by atoms with Crippen molar-refractivity contribution in [2.45, 2.75) is 37.9 Å². The van der Waals surface area contributed by atoms with Gasteiger partial charge in [-0.3, -0.25) is 4.57 Å². The van der Waals surface area contributed by atoms with Crippen LogP contribution in [-0.4, -0.2) is 57.6 Å². The van der Waals surface area contributed by atoms with E-state index in [9.17, 15) is 12.8 Å². The van der Waals surface area contributed by atoms with E-state index in [4.69, 9.17) is 9.47 Å². The maximum absolute atomic E-state index is 13.6. The van der Waals surface area contributed by atoms with Gasteiger partial charge in [-0.05, 0) is 44.5 Å². The molecule has 0 saturated heterocycles. The summed E-state index contributed by atoms with van der Waals surface area (Å²) in [7, 11) is -1.01. The van der Waals surface area contributed by atoms with Crippen LogP contribution in [0.1, 0.15) is 35.9 Å². The summed E-state index contributed by atoms with van der Waals surface area (Å²) in [4.78, 5) is 12.4. The van der Waals surface area contributed by atoms with Crippen molar-refractivity contribution in [3.63, 3.8) is 0 Å². The summed E-state index contributed by atoms with van der Waals surface area (Å²) >= 11 is 0. The lowest BCUT2D eigenvalue weighted by molar-refractivity contribution is 0.0946. The second kappa shape index (κ2) is 10.7. The molecule has 0 aliphatic heterocycles. The molecular formula is C25H27FN6O4S. The molecule has 1 aromatic carbocycles. The standard InChI is InChI=1S/C25H27FN6O4S/c1-15-8-6-11-20(35-4)22(15)32-21(30-31-25(32)19-10-7-9-16(2)29-19)14-37(33,34)17(3)23(36-5)24-27-12-18(26)13-28-24/h6-13,17,23H,14H2,1-5H3/t17-,23-/m1/s1. The summed E-state index contributed by atoms with van der Waals surface area (Å²) < 4.78 is 53.3. The Kier molecular flexibility index (Phi) is 7.60. The summed E-state index contributed by atoms with van der Waals surface area (Å²) in [6, 6.07) is 11.0. The summed E-state index contributed by atoms with van der Waals surface area (Å²) in [5, 5.41) is 7.52. The molecule has 0 unspecified atom stereocenters. The Morgan fingerprint density at radius 3 is 2.38 bits per heavy atom. The van der Waals surface area contributed by atoms with Gasteiger partial charge in [-0.1, -0.05) is 18.2 Å². The van der Waals surface area contributed by atoms with Crippen LogP contribution in [0, 0.1) is 19.7 Å². The molecular weight excluding hydrogens is 499 g/mol. The molecule has 0 saturated carbocycles. The molecule has 10 nitrogen and oxygen atoms in total. The van der Waals surface area contributed by atoms with Crippen molar-refractivity contribution < 1.29 is 22.3 Å². The van der Waals surface area contributed by atoms with Crippen molar-refractivity contribution in [1.29, 1.82) is 0 Å². The Bertz CT molecular complexity index is 1510. The molecule has 194 valence electrons. The lowest BCUT2D eigenvalue weighted by Gasteiger charge is -2.22. The van der Waals surface area contributed by atoms with Crippen LogP contribution in [0.3, 0.4) is 0 Å². The first-order valence-corrected chi connectivity index (χ1v) is 13.1. The number of methoxy groups -OCH3 is 2. The molecule has 37 heavy (non-hydrogen) atoms. The minimum atomic E-state index is -3.91. The van der Waals surface area contributed by atoms with Gasteiger partial charge >= 0.3 is 0 Å². The van der Waals surface area contributed by atoms with Crippen molar-refractivity contribution in [3.8, 4) is 23.0 Å². The number of hydrogen-bond donors (Lipinski definition) is 0. The second-order valence-corrected chi connectivity index (χ2v) is 10.9. The number of halogens is 1. The Hall–Kier alpha value is -3.77. The number of aromatic nitrogens is 6. The quantitative estimate of drug-likeness (QED) is 0.322. The predicted molar refractivity (Wildman–Crippen MR) is 134 cm³/mol. The lowest BCUT2D eigenvalue weighted by Crippen LogP contribution is -2.30. The molecule has 0 aliphatic rings. The number of para-hydroxylation sites is 1. The van der Waals surface area contributed by atoms with Crippen molar-refractivity contribution in [1.82, 2.24) is 29.7 Å². The first-order chi connectivity index (χ1) is 17.7. The topological polar surface area (TPSA) is 122 Å². The van der Waals surface area contributed by atoms with E-state index in [1.165, 1.54) is 21.1 Å². The SMILES string of the molecule is COc1cccc(C)c1-n1c(CS(=O)(=O)[C@H](C)[C@@H](OC)c2ncc(F)cn2)nnc1-c1cccc(C)n1. The highest BCUT2D eigenvalue weighted by Crippen LogP contribution is 2.33. The summed E-state index contributed by atoms with van der Waals surface area (Å²) in [5.41, 5.74) is 2.74. The van der Waals surface area contributed by atoms with Gasteiger partial charge < -0.3 is 9.47 Å². The largest absolute Gasteiger partial charge is 0.495 e. The van der Waals surface area contributed by atoms with Gasteiger partial charge in [0.1, 0.15) is 23.3 Å². The van der Waals surface area contributed by atoms with Crippen LogP contribution in [0.4, 0.5) is 4.39 Å². The maximum atomic E-state index is 13.6. The van der Waals surface area contributed by atoms with E-state index in [0.29, 0.717) is 23.0 Å². The van der Waals surface area contributed by atoms with Crippen LogP contribution in [0.2, 0.25) is 0 Å². The van der Waals surface area contributed by atoms with E-state index in [-0.39, 0.29) is 11.6 Å². The third kappa shape index (κ3) is 5.35. The van der Waals surface area contributed by atoms with Crippen molar-refractivity contribution in [2.75, 3.05) is 14.2 Å². The summed E-state index contributed by atoms with van der Waals surface area (Å²) in [6.07, 6.45) is 0.916. The van der Waals surface area contributed by atoms with Gasteiger partial charge in [0.15, 0.2) is 33.1 Å². The molecule has 3 heterocycles. The average molecular weight is 527 g/mol. The highest BCUT2D eigenvalue weighted by atomic mass is 32.2. The predicted octanol–water partition coefficient (Wildman–Crippen LogP) is 3.57. The lowest BCUT2D eigenvalue weighted by atomic mass is 10.1. The number of hydrogen-bond acceptors (Lipinski definition) is 9. The first kappa shape index (κ1) is 26.3. The smallest absolute Gasteiger partial charge is 0.187 e. The fraction of sp³-hybridized carbons (Fsp3) is 0.320. The number of sulfone groups is 1. The average Bonchev–Trinajstić information content (AvgIpc) is 3.27. The van der Waals surface area contributed by atoms with Gasteiger partial charge in [-0.2, -0.15) is 0 Å². The van der Waals surface area contributed by atoms with Crippen molar-refractivity contribution >= 4 is 9.84 Å². The van der Waals surface area contributed by atoms with Gasteiger partial charge in [0, 0.05) is 12.8 Å². The molecule has 0 bridgehead atoms. The van der Waals surface area contributed by atoms with Gasteiger partial charge in [0.25, 0.3) is 0 Å². The van der Waals surface area contributed by atoms with E-state index < -0.39 is 32.8 Å². The molecule has 0 N–H and O–H groups in total. The number of aryl methyl sites for hydroxylation is 2.